The van der Waals surface area contributed by atoms with Crippen LogP contribution in [-0.2, 0) is 0 Å². The van der Waals surface area contributed by atoms with Gasteiger partial charge < -0.3 is 15.8 Å². The van der Waals surface area contributed by atoms with E-state index < -0.39 is 0 Å². The van der Waals surface area contributed by atoms with E-state index in [1.54, 1.807) is 12.3 Å². The van der Waals surface area contributed by atoms with Crippen LogP contribution in [0.15, 0.2) is 23.5 Å². The van der Waals surface area contributed by atoms with Gasteiger partial charge in [-0.25, -0.2) is 4.98 Å². The van der Waals surface area contributed by atoms with Gasteiger partial charge in [0.15, 0.2) is 5.84 Å². The maximum absolute atomic E-state index is 8.86. The van der Waals surface area contributed by atoms with E-state index in [-0.39, 0.29) is 5.84 Å². The van der Waals surface area contributed by atoms with Crippen molar-refractivity contribution in [1.29, 1.82) is 0 Å². The summed E-state index contributed by atoms with van der Waals surface area (Å²) in [6.45, 7) is 4.39. The summed E-state index contributed by atoms with van der Waals surface area (Å²) in [5.74, 6) is 0.926. The third-order valence-electron chi connectivity index (χ3n) is 3.61. The normalized spacial score (nSPS) is 25.2. The Morgan fingerprint density at radius 2 is 2.11 bits per heavy atom. The topological polar surface area (TPSA) is 74.7 Å². The molecular weight excluding hydrogens is 228 g/mol. The lowest BCUT2D eigenvalue weighted by molar-refractivity contribution is 0.318. The number of oxime groups is 1. The Bertz CT molecular complexity index is 436. The molecule has 18 heavy (non-hydrogen) atoms. The Balaban J connectivity index is 2.43. The third-order valence-corrected chi connectivity index (χ3v) is 3.61. The maximum Gasteiger partial charge on any atom is 0.173 e. The molecule has 2 rings (SSSR count). The predicted molar refractivity (Wildman–Crippen MR) is 72.0 cm³/mol. The Morgan fingerprint density at radius 3 is 2.72 bits per heavy atom. The lowest BCUT2D eigenvalue weighted by atomic mass is 9.97. The molecule has 5 nitrogen and oxygen atoms in total. The van der Waals surface area contributed by atoms with Crippen LogP contribution in [0.2, 0.25) is 0 Å². The van der Waals surface area contributed by atoms with Crippen LogP contribution in [-0.4, -0.2) is 28.1 Å². The molecule has 0 spiro atoms. The zero-order valence-electron chi connectivity index (χ0n) is 10.9. The average Bonchev–Trinajstić information content (AvgIpc) is 2.38. The van der Waals surface area contributed by atoms with Crippen LogP contribution < -0.4 is 10.6 Å². The predicted octanol–water partition coefficient (Wildman–Crippen LogP) is 1.94. The summed E-state index contributed by atoms with van der Waals surface area (Å²) in [5, 5.41) is 12.0. The van der Waals surface area contributed by atoms with Gasteiger partial charge in [0.1, 0.15) is 5.82 Å². The highest BCUT2D eigenvalue weighted by Crippen LogP contribution is 2.29. The van der Waals surface area contributed by atoms with E-state index in [9.17, 15) is 0 Å². The van der Waals surface area contributed by atoms with Gasteiger partial charge in [0.05, 0.1) is 5.56 Å². The quantitative estimate of drug-likeness (QED) is 0.363. The second-order valence-corrected chi connectivity index (χ2v) is 4.90. The monoisotopic (exact) mass is 248 g/mol. The number of anilines is 1. The first-order valence-corrected chi connectivity index (χ1v) is 6.36. The summed E-state index contributed by atoms with van der Waals surface area (Å²) in [5.41, 5.74) is 6.42. The molecule has 1 aromatic heterocycles. The number of piperidine rings is 1. The van der Waals surface area contributed by atoms with E-state index in [2.05, 4.69) is 28.9 Å². The molecule has 0 saturated carbocycles. The number of nitrogens with zero attached hydrogens (tertiary/aromatic N) is 3. The highest BCUT2D eigenvalue weighted by atomic mass is 16.4. The van der Waals surface area contributed by atoms with Crippen LogP contribution >= 0.6 is 0 Å². The van der Waals surface area contributed by atoms with Crippen LogP contribution in [0.4, 0.5) is 5.82 Å². The first-order chi connectivity index (χ1) is 8.65. The summed E-state index contributed by atoms with van der Waals surface area (Å²) in [6, 6.07) is 4.49. The lowest BCUT2D eigenvalue weighted by Crippen LogP contribution is -2.45. The molecule has 0 aromatic carbocycles. The summed E-state index contributed by atoms with van der Waals surface area (Å²) in [7, 11) is 0. The Hall–Kier alpha value is -1.78. The number of aromatic nitrogens is 1. The minimum Gasteiger partial charge on any atom is -0.409 e. The van der Waals surface area contributed by atoms with E-state index in [0.717, 1.165) is 18.7 Å². The van der Waals surface area contributed by atoms with Crippen molar-refractivity contribution in [3.8, 4) is 0 Å². The van der Waals surface area contributed by atoms with E-state index in [1.807, 2.05) is 6.07 Å². The standard InChI is InChI=1S/C13H20N4O/c1-9-5-3-6-10(2)17(9)13-11(12(14)16-18)7-4-8-15-13/h4,7-10,18H,3,5-6H2,1-2H3,(H2,14,16). The minimum absolute atomic E-state index is 0.114. The molecule has 3 N–H and O–H groups in total. The molecule has 0 bridgehead atoms. The van der Waals surface area contributed by atoms with Gasteiger partial charge in [-0.05, 0) is 45.2 Å². The molecule has 2 heterocycles. The Morgan fingerprint density at radius 1 is 1.44 bits per heavy atom. The summed E-state index contributed by atoms with van der Waals surface area (Å²) >= 11 is 0. The molecule has 0 aliphatic carbocycles. The van der Waals surface area contributed by atoms with Crippen LogP contribution in [0.25, 0.3) is 0 Å². The fourth-order valence-corrected chi connectivity index (χ4v) is 2.70. The Kier molecular flexibility index (Phi) is 3.69. The summed E-state index contributed by atoms with van der Waals surface area (Å²) in [6.07, 6.45) is 5.29. The van der Waals surface area contributed by atoms with Gasteiger partial charge in [0.25, 0.3) is 0 Å². The number of rotatable bonds is 2. The van der Waals surface area contributed by atoms with Crippen molar-refractivity contribution in [2.75, 3.05) is 4.90 Å². The zero-order chi connectivity index (χ0) is 13.1. The first-order valence-electron chi connectivity index (χ1n) is 6.36. The van der Waals surface area contributed by atoms with Crippen molar-refractivity contribution >= 4 is 11.7 Å². The first kappa shape index (κ1) is 12.7. The van der Waals surface area contributed by atoms with Gasteiger partial charge in [0.2, 0.25) is 0 Å². The third kappa shape index (κ3) is 2.25. The molecule has 2 atom stereocenters. The smallest absolute Gasteiger partial charge is 0.173 e. The summed E-state index contributed by atoms with van der Waals surface area (Å²) < 4.78 is 0. The number of amidine groups is 1. The van der Waals surface area contributed by atoms with Crippen molar-refractivity contribution in [3.05, 3.63) is 23.9 Å². The molecule has 1 aliphatic rings. The highest BCUT2D eigenvalue weighted by molar-refractivity contribution is 6.01. The minimum atomic E-state index is 0.114. The zero-order valence-corrected chi connectivity index (χ0v) is 10.9. The molecule has 1 fully saturated rings. The van der Waals surface area contributed by atoms with Crippen LogP contribution in [0.3, 0.4) is 0 Å². The molecule has 0 radical (unpaired) electrons. The van der Waals surface area contributed by atoms with E-state index in [0.29, 0.717) is 17.6 Å². The fourth-order valence-electron chi connectivity index (χ4n) is 2.70. The van der Waals surface area contributed by atoms with Crippen molar-refractivity contribution in [2.24, 2.45) is 10.9 Å². The molecule has 5 heteroatoms. The molecule has 0 amide bonds. The molecule has 98 valence electrons. The van der Waals surface area contributed by atoms with E-state index >= 15 is 0 Å². The van der Waals surface area contributed by atoms with Crippen molar-refractivity contribution in [3.63, 3.8) is 0 Å². The number of hydrogen-bond acceptors (Lipinski definition) is 4. The largest absolute Gasteiger partial charge is 0.409 e. The van der Waals surface area contributed by atoms with Crippen LogP contribution in [0, 0.1) is 0 Å². The average molecular weight is 248 g/mol. The van der Waals surface area contributed by atoms with Crippen molar-refractivity contribution in [1.82, 2.24) is 4.98 Å². The molecular formula is C13H20N4O. The molecule has 2 unspecified atom stereocenters. The fraction of sp³-hybridized carbons (Fsp3) is 0.538. The lowest BCUT2D eigenvalue weighted by Gasteiger charge is -2.40. The van der Waals surface area contributed by atoms with Crippen molar-refractivity contribution < 1.29 is 5.21 Å². The van der Waals surface area contributed by atoms with Gasteiger partial charge in [0, 0.05) is 18.3 Å². The maximum atomic E-state index is 8.86. The van der Waals surface area contributed by atoms with Crippen LogP contribution in [0.1, 0.15) is 38.7 Å². The van der Waals surface area contributed by atoms with E-state index in [1.165, 1.54) is 6.42 Å². The van der Waals surface area contributed by atoms with Gasteiger partial charge in [-0.1, -0.05) is 5.16 Å². The van der Waals surface area contributed by atoms with Crippen molar-refractivity contribution in [2.45, 2.75) is 45.2 Å². The number of hydrogen-bond donors (Lipinski definition) is 2. The second kappa shape index (κ2) is 5.25. The Labute approximate surface area is 107 Å². The van der Waals surface area contributed by atoms with Gasteiger partial charge in [-0.3, -0.25) is 0 Å². The van der Waals surface area contributed by atoms with Gasteiger partial charge >= 0.3 is 0 Å². The highest BCUT2D eigenvalue weighted by Gasteiger charge is 2.28. The molecule has 1 saturated heterocycles. The SMILES string of the molecule is CC1CCCC(C)N1c1ncccc1/C(N)=N/O. The molecule has 1 aliphatic heterocycles. The van der Waals surface area contributed by atoms with Crippen LogP contribution in [0.5, 0.6) is 0 Å². The summed E-state index contributed by atoms with van der Waals surface area (Å²) in [4.78, 5) is 6.70. The van der Waals surface area contributed by atoms with Gasteiger partial charge in [-0.2, -0.15) is 0 Å². The molecule has 1 aromatic rings. The number of pyridine rings is 1. The number of nitrogens with two attached hydrogens (primary N) is 1. The second-order valence-electron chi connectivity index (χ2n) is 4.90. The van der Waals surface area contributed by atoms with E-state index in [4.69, 9.17) is 10.9 Å². The van der Waals surface area contributed by atoms with Gasteiger partial charge in [-0.15, -0.1) is 0 Å².